The number of Topliss-reactive ketones (excluding diaryl/α,β-unsaturated/α-hetero) is 1. The summed E-state index contributed by atoms with van der Waals surface area (Å²) in [6, 6.07) is -0.139. The van der Waals surface area contributed by atoms with Crippen molar-refractivity contribution < 1.29 is 28.6 Å². The summed E-state index contributed by atoms with van der Waals surface area (Å²) in [6.07, 6.45) is 3.53. The van der Waals surface area contributed by atoms with Gasteiger partial charge in [-0.25, -0.2) is 14.6 Å². The molecule has 1 aliphatic heterocycles. The number of hydrogen-bond donors (Lipinski definition) is 0. The van der Waals surface area contributed by atoms with E-state index < -0.39 is 17.7 Å². The molecule has 1 heterocycles. The van der Waals surface area contributed by atoms with Crippen molar-refractivity contribution in [1.82, 2.24) is 4.90 Å². The number of amides is 1. The highest BCUT2D eigenvalue weighted by atomic mass is 16.6. The van der Waals surface area contributed by atoms with Gasteiger partial charge in [0.1, 0.15) is 11.4 Å². The van der Waals surface area contributed by atoms with Crippen molar-refractivity contribution >= 4 is 23.7 Å². The fourth-order valence-corrected chi connectivity index (χ4v) is 3.44. The van der Waals surface area contributed by atoms with Gasteiger partial charge in [-0.3, -0.25) is 4.79 Å². The van der Waals surface area contributed by atoms with Crippen LogP contribution in [0.1, 0.15) is 94.9 Å². The number of ketones is 1. The number of hydrogen-bond acceptors (Lipinski definition) is 7. The summed E-state index contributed by atoms with van der Waals surface area (Å²) in [5.41, 5.74) is -0.139. The molecule has 1 rings (SSSR count). The van der Waals surface area contributed by atoms with Gasteiger partial charge in [0.15, 0.2) is 5.90 Å². The van der Waals surface area contributed by atoms with Crippen molar-refractivity contribution in [2.75, 3.05) is 20.8 Å². The van der Waals surface area contributed by atoms with Gasteiger partial charge < -0.3 is 19.1 Å². The molecular formula is C27H50N2O6. The first kappa shape index (κ1) is 34.8. The molecule has 0 fully saturated rings. The van der Waals surface area contributed by atoms with Crippen LogP contribution in [0.4, 0.5) is 4.79 Å². The topological polar surface area (TPSA) is 94.5 Å². The zero-order valence-electron chi connectivity index (χ0n) is 24.2. The second-order valence-electron chi connectivity index (χ2n) is 8.99. The van der Waals surface area contributed by atoms with Crippen LogP contribution in [0.2, 0.25) is 0 Å². The summed E-state index contributed by atoms with van der Waals surface area (Å²) in [6.45, 7) is 19.1. The minimum Gasteiger partial charge on any atom is -0.484 e. The number of methoxy groups -OCH3 is 2. The number of rotatable bonds is 9. The molecule has 8 heteroatoms. The van der Waals surface area contributed by atoms with Crippen LogP contribution in [0.5, 0.6) is 0 Å². The van der Waals surface area contributed by atoms with Gasteiger partial charge in [-0.05, 0) is 47.0 Å². The van der Waals surface area contributed by atoms with Crippen LogP contribution in [0.15, 0.2) is 16.8 Å². The van der Waals surface area contributed by atoms with Crippen molar-refractivity contribution in [1.29, 1.82) is 0 Å². The third-order valence-electron chi connectivity index (χ3n) is 5.42. The van der Waals surface area contributed by atoms with E-state index in [9.17, 15) is 14.4 Å². The van der Waals surface area contributed by atoms with Gasteiger partial charge >= 0.3 is 12.1 Å². The Bertz CT molecular complexity index is 709. The minimum atomic E-state index is -0.638. The van der Waals surface area contributed by atoms with Crippen LogP contribution in [0.25, 0.3) is 0 Å². The molecule has 0 aromatic rings. The molecule has 8 nitrogen and oxygen atoms in total. The number of aliphatic imine (C=N–C) groups is 1. The van der Waals surface area contributed by atoms with E-state index in [4.69, 9.17) is 14.2 Å². The number of carbonyl (C=O) groups excluding carboxylic acids is 3. The predicted octanol–water partition coefficient (Wildman–Crippen LogP) is 6.18. The Morgan fingerprint density at radius 2 is 1.71 bits per heavy atom. The summed E-state index contributed by atoms with van der Waals surface area (Å²) in [7, 11) is 2.90. The van der Waals surface area contributed by atoms with Gasteiger partial charge in [0, 0.05) is 37.0 Å². The highest BCUT2D eigenvalue weighted by Gasteiger charge is 2.32. The first-order valence-electron chi connectivity index (χ1n) is 12.8. The highest BCUT2D eigenvalue weighted by Crippen LogP contribution is 2.29. The Balaban J connectivity index is 0. The Labute approximate surface area is 213 Å². The Hall–Kier alpha value is -2.38. The Morgan fingerprint density at radius 1 is 1.14 bits per heavy atom. The Kier molecular flexibility index (Phi) is 17.9. The molecule has 35 heavy (non-hydrogen) atoms. The van der Waals surface area contributed by atoms with Crippen molar-refractivity contribution in [3.63, 3.8) is 0 Å². The molecule has 0 saturated heterocycles. The summed E-state index contributed by atoms with van der Waals surface area (Å²) in [5.74, 6) is -0.257. The molecule has 0 bridgehead atoms. The number of ether oxygens (including phenoxy) is 3. The van der Waals surface area contributed by atoms with E-state index in [0.717, 1.165) is 0 Å². The van der Waals surface area contributed by atoms with Crippen molar-refractivity contribution in [2.45, 2.75) is 107 Å². The van der Waals surface area contributed by atoms with E-state index in [0.29, 0.717) is 37.2 Å². The van der Waals surface area contributed by atoms with Crippen molar-refractivity contribution in [3.05, 3.63) is 11.8 Å². The lowest BCUT2D eigenvalue weighted by atomic mass is 9.87. The molecule has 3 unspecified atom stereocenters. The maximum absolute atomic E-state index is 13.0. The van der Waals surface area contributed by atoms with E-state index in [-0.39, 0.29) is 30.2 Å². The van der Waals surface area contributed by atoms with Crippen molar-refractivity contribution in [2.24, 2.45) is 16.8 Å². The lowest BCUT2D eigenvalue weighted by Gasteiger charge is -2.35. The number of nitrogens with zero attached hydrogens (tertiary/aromatic N) is 2. The molecular weight excluding hydrogens is 448 g/mol. The van der Waals surface area contributed by atoms with Gasteiger partial charge in [0.2, 0.25) is 0 Å². The standard InChI is InChI=1S/C23H38N2O6.2C2H6/c1-9-18(25(14-15(2)16(3)26)22(28)31-23(4,5)6)11-10-17-12-20(29-7)24-13-19(17)21(27)30-8;2*1-2/h13,15,17-18H,9-12,14H2,1-8H3;2*1-2H3. The SMILES string of the molecule is CC.CC.CCC(CCC1CC(OC)=NC=C1C(=O)OC)N(CC(C)C(C)=O)C(=O)OC(C)(C)C. The summed E-state index contributed by atoms with van der Waals surface area (Å²) in [4.78, 5) is 42.8. The van der Waals surface area contributed by atoms with Crippen LogP contribution in [0.3, 0.4) is 0 Å². The largest absolute Gasteiger partial charge is 0.484 e. The summed E-state index contributed by atoms with van der Waals surface area (Å²) in [5, 5.41) is 0. The van der Waals surface area contributed by atoms with Crippen LogP contribution in [-0.2, 0) is 23.8 Å². The quantitative estimate of drug-likeness (QED) is 0.352. The van der Waals surface area contributed by atoms with Gasteiger partial charge in [-0.2, -0.15) is 0 Å². The normalized spacial score (nSPS) is 16.5. The van der Waals surface area contributed by atoms with Gasteiger partial charge in [0.05, 0.1) is 19.8 Å². The Morgan fingerprint density at radius 3 is 2.14 bits per heavy atom. The first-order valence-corrected chi connectivity index (χ1v) is 12.8. The van der Waals surface area contributed by atoms with Gasteiger partial charge in [-0.15, -0.1) is 0 Å². The number of esters is 1. The average molecular weight is 499 g/mol. The summed E-state index contributed by atoms with van der Waals surface area (Å²) < 4.78 is 15.8. The third-order valence-corrected chi connectivity index (χ3v) is 5.42. The van der Waals surface area contributed by atoms with E-state index >= 15 is 0 Å². The summed E-state index contributed by atoms with van der Waals surface area (Å²) >= 11 is 0. The van der Waals surface area contributed by atoms with E-state index in [1.807, 2.05) is 62.3 Å². The zero-order chi connectivity index (χ0) is 27.8. The monoisotopic (exact) mass is 498 g/mol. The molecule has 0 spiro atoms. The van der Waals surface area contributed by atoms with Gasteiger partial charge in [-0.1, -0.05) is 41.5 Å². The van der Waals surface area contributed by atoms with Gasteiger partial charge in [0.25, 0.3) is 0 Å². The smallest absolute Gasteiger partial charge is 0.410 e. The fraction of sp³-hybridized carbons (Fsp3) is 0.778. The molecule has 1 amide bonds. The third kappa shape index (κ3) is 12.8. The molecule has 0 aromatic carbocycles. The molecule has 0 N–H and O–H groups in total. The van der Waals surface area contributed by atoms with E-state index in [2.05, 4.69) is 4.99 Å². The van der Waals surface area contributed by atoms with E-state index in [1.54, 1.807) is 12.0 Å². The van der Waals surface area contributed by atoms with Crippen LogP contribution < -0.4 is 0 Å². The number of carbonyl (C=O) groups is 3. The van der Waals surface area contributed by atoms with Crippen LogP contribution in [-0.4, -0.2) is 61.1 Å². The molecule has 0 saturated carbocycles. The molecule has 0 aliphatic carbocycles. The predicted molar refractivity (Wildman–Crippen MR) is 141 cm³/mol. The maximum atomic E-state index is 13.0. The molecule has 0 aromatic heterocycles. The second-order valence-corrected chi connectivity index (χ2v) is 8.99. The van der Waals surface area contributed by atoms with Crippen LogP contribution in [0, 0.1) is 11.8 Å². The van der Waals surface area contributed by atoms with Crippen molar-refractivity contribution in [3.8, 4) is 0 Å². The fourth-order valence-electron chi connectivity index (χ4n) is 3.44. The average Bonchev–Trinajstić information content (AvgIpc) is 2.84. The zero-order valence-corrected chi connectivity index (χ0v) is 24.2. The molecule has 0 radical (unpaired) electrons. The minimum absolute atomic E-state index is 0.0209. The first-order chi connectivity index (χ1) is 16.4. The second kappa shape index (κ2) is 18.0. The maximum Gasteiger partial charge on any atom is 0.410 e. The molecule has 1 aliphatic rings. The lowest BCUT2D eigenvalue weighted by Crippen LogP contribution is -2.46. The van der Waals surface area contributed by atoms with E-state index in [1.165, 1.54) is 20.2 Å². The highest BCUT2D eigenvalue weighted by molar-refractivity contribution is 5.92. The molecule has 204 valence electrons. The van der Waals surface area contributed by atoms with Crippen LogP contribution >= 0.6 is 0 Å². The lowest BCUT2D eigenvalue weighted by molar-refractivity contribution is -0.136. The molecule has 3 atom stereocenters.